The van der Waals surface area contributed by atoms with Gasteiger partial charge in [-0.2, -0.15) is 0 Å². The van der Waals surface area contributed by atoms with Gasteiger partial charge < -0.3 is 20.3 Å². The first-order chi connectivity index (χ1) is 7.25. The minimum Gasteiger partial charge on any atom is -0.504 e. The van der Waals surface area contributed by atoms with Crippen molar-refractivity contribution < 1.29 is 14.9 Å². The summed E-state index contributed by atoms with van der Waals surface area (Å²) in [5.41, 5.74) is 0.956. The number of phenols is 2. The van der Waals surface area contributed by atoms with Crippen molar-refractivity contribution in [2.75, 3.05) is 13.2 Å². The highest BCUT2D eigenvalue weighted by Crippen LogP contribution is 2.24. The van der Waals surface area contributed by atoms with Gasteiger partial charge in [-0.25, -0.2) is 0 Å². The molecule has 1 aromatic rings. The minimum atomic E-state index is -0.0806. The second-order valence-electron chi connectivity index (χ2n) is 3.76. The number of nitrogens with one attached hydrogen (secondary N) is 1. The number of aromatic hydroxyl groups is 2. The summed E-state index contributed by atoms with van der Waals surface area (Å²) in [5.74, 6) is -0.153. The van der Waals surface area contributed by atoms with Gasteiger partial charge in [0.2, 0.25) is 0 Å². The van der Waals surface area contributed by atoms with Crippen molar-refractivity contribution in [2.45, 2.75) is 19.0 Å². The molecule has 1 atom stereocenters. The number of hydrogen-bond donors (Lipinski definition) is 3. The lowest BCUT2D eigenvalue weighted by molar-refractivity contribution is 0.190. The van der Waals surface area contributed by atoms with Crippen LogP contribution in [-0.2, 0) is 11.3 Å². The van der Waals surface area contributed by atoms with Crippen LogP contribution < -0.4 is 5.32 Å². The van der Waals surface area contributed by atoms with E-state index in [2.05, 4.69) is 5.32 Å². The van der Waals surface area contributed by atoms with E-state index in [-0.39, 0.29) is 11.5 Å². The van der Waals surface area contributed by atoms with E-state index in [9.17, 15) is 5.11 Å². The molecule has 0 radical (unpaired) electrons. The molecule has 4 heteroatoms. The first-order valence-corrected chi connectivity index (χ1v) is 5.07. The second kappa shape index (κ2) is 4.51. The summed E-state index contributed by atoms with van der Waals surface area (Å²) in [7, 11) is 0. The van der Waals surface area contributed by atoms with Crippen LogP contribution in [0.2, 0.25) is 0 Å². The van der Waals surface area contributed by atoms with E-state index in [0.717, 1.165) is 25.2 Å². The molecule has 3 N–H and O–H groups in total. The largest absolute Gasteiger partial charge is 0.504 e. The van der Waals surface area contributed by atoms with Gasteiger partial charge in [-0.05, 0) is 24.1 Å². The molecule has 1 aliphatic rings. The third kappa shape index (κ3) is 2.61. The highest BCUT2D eigenvalue weighted by Gasteiger charge is 2.14. The topological polar surface area (TPSA) is 61.7 Å². The molecule has 0 aliphatic carbocycles. The zero-order valence-corrected chi connectivity index (χ0v) is 8.44. The van der Waals surface area contributed by atoms with Crippen molar-refractivity contribution in [3.8, 4) is 11.5 Å². The van der Waals surface area contributed by atoms with Crippen LogP contribution in [-0.4, -0.2) is 29.5 Å². The molecular weight excluding hydrogens is 194 g/mol. The smallest absolute Gasteiger partial charge is 0.157 e. The van der Waals surface area contributed by atoms with Gasteiger partial charge in [0.1, 0.15) is 0 Å². The molecule has 1 aliphatic heterocycles. The predicted molar refractivity (Wildman–Crippen MR) is 55.8 cm³/mol. The van der Waals surface area contributed by atoms with Gasteiger partial charge in [-0.1, -0.05) is 6.07 Å². The molecule has 1 saturated heterocycles. The Kier molecular flexibility index (Phi) is 3.08. The van der Waals surface area contributed by atoms with Crippen LogP contribution in [0.4, 0.5) is 0 Å². The van der Waals surface area contributed by atoms with Crippen molar-refractivity contribution in [3.05, 3.63) is 23.8 Å². The van der Waals surface area contributed by atoms with Crippen LogP contribution >= 0.6 is 0 Å². The van der Waals surface area contributed by atoms with Gasteiger partial charge in [0.05, 0.1) is 6.61 Å². The monoisotopic (exact) mass is 209 g/mol. The lowest BCUT2D eigenvalue weighted by atomic mass is 10.2. The summed E-state index contributed by atoms with van der Waals surface area (Å²) < 4.78 is 5.24. The Morgan fingerprint density at radius 3 is 2.87 bits per heavy atom. The molecule has 1 unspecified atom stereocenters. The molecule has 0 saturated carbocycles. The average molecular weight is 209 g/mol. The molecule has 0 aromatic heterocycles. The fraction of sp³-hybridized carbons (Fsp3) is 0.455. The van der Waals surface area contributed by atoms with Crippen LogP contribution in [0.5, 0.6) is 11.5 Å². The maximum absolute atomic E-state index is 9.29. The molecule has 2 rings (SSSR count). The Morgan fingerprint density at radius 1 is 1.33 bits per heavy atom. The number of rotatable bonds is 3. The number of benzene rings is 1. The van der Waals surface area contributed by atoms with Crippen molar-refractivity contribution in [1.29, 1.82) is 0 Å². The van der Waals surface area contributed by atoms with Crippen molar-refractivity contribution in [3.63, 3.8) is 0 Å². The Morgan fingerprint density at radius 2 is 2.20 bits per heavy atom. The van der Waals surface area contributed by atoms with Crippen LogP contribution in [0.25, 0.3) is 0 Å². The normalized spacial score (nSPS) is 20.7. The standard InChI is InChI=1S/C11H15NO3/c13-10-2-1-8(5-11(10)14)6-12-9-3-4-15-7-9/h1-2,5,9,12-14H,3-4,6-7H2. The zero-order valence-electron chi connectivity index (χ0n) is 8.44. The van der Waals surface area contributed by atoms with Crippen LogP contribution in [0.1, 0.15) is 12.0 Å². The van der Waals surface area contributed by atoms with Gasteiger partial charge in [0.15, 0.2) is 11.5 Å². The molecule has 1 heterocycles. The maximum Gasteiger partial charge on any atom is 0.157 e. The van der Waals surface area contributed by atoms with Crippen LogP contribution in [0.3, 0.4) is 0 Å². The van der Waals surface area contributed by atoms with Gasteiger partial charge in [-0.3, -0.25) is 0 Å². The molecule has 0 spiro atoms. The van der Waals surface area contributed by atoms with E-state index in [0.29, 0.717) is 12.6 Å². The molecule has 4 nitrogen and oxygen atoms in total. The second-order valence-corrected chi connectivity index (χ2v) is 3.76. The van der Waals surface area contributed by atoms with Gasteiger partial charge in [0.25, 0.3) is 0 Å². The summed E-state index contributed by atoms with van der Waals surface area (Å²) >= 11 is 0. The van der Waals surface area contributed by atoms with E-state index >= 15 is 0 Å². The average Bonchev–Trinajstić information content (AvgIpc) is 2.73. The Bertz CT molecular complexity index is 335. The highest BCUT2D eigenvalue weighted by molar-refractivity contribution is 5.40. The predicted octanol–water partition coefficient (Wildman–Crippen LogP) is 0.976. The third-order valence-electron chi connectivity index (χ3n) is 2.56. The summed E-state index contributed by atoms with van der Waals surface area (Å²) in [4.78, 5) is 0. The van der Waals surface area contributed by atoms with Gasteiger partial charge >= 0.3 is 0 Å². The van der Waals surface area contributed by atoms with Crippen LogP contribution in [0.15, 0.2) is 18.2 Å². The van der Waals surface area contributed by atoms with Crippen molar-refractivity contribution in [2.24, 2.45) is 0 Å². The molecule has 15 heavy (non-hydrogen) atoms. The quantitative estimate of drug-likeness (QED) is 0.649. The van der Waals surface area contributed by atoms with Gasteiger partial charge in [-0.15, -0.1) is 0 Å². The van der Waals surface area contributed by atoms with Gasteiger partial charge in [0, 0.05) is 19.2 Å². The Hall–Kier alpha value is -1.26. The first-order valence-electron chi connectivity index (χ1n) is 5.07. The number of phenolic OH excluding ortho intramolecular Hbond substituents is 2. The Balaban J connectivity index is 1.90. The Labute approximate surface area is 88.5 Å². The molecule has 82 valence electrons. The molecule has 0 bridgehead atoms. The summed E-state index contributed by atoms with van der Waals surface area (Å²) in [6.45, 7) is 2.25. The number of hydrogen-bond acceptors (Lipinski definition) is 4. The van der Waals surface area contributed by atoms with E-state index in [4.69, 9.17) is 9.84 Å². The zero-order chi connectivity index (χ0) is 10.7. The van der Waals surface area contributed by atoms with E-state index in [1.165, 1.54) is 6.07 Å². The van der Waals surface area contributed by atoms with Crippen LogP contribution in [0, 0.1) is 0 Å². The molecule has 1 fully saturated rings. The van der Waals surface area contributed by atoms with Crippen molar-refractivity contribution >= 4 is 0 Å². The lowest BCUT2D eigenvalue weighted by Crippen LogP contribution is -2.28. The van der Waals surface area contributed by atoms with Crippen molar-refractivity contribution in [1.82, 2.24) is 5.32 Å². The summed E-state index contributed by atoms with van der Waals surface area (Å²) in [5, 5.41) is 21.7. The highest BCUT2D eigenvalue weighted by atomic mass is 16.5. The lowest BCUT2D eigenvalue weighted by Gasteiger charge is -2.10. The fourth-order valence-electron chi connectivity index (χ4n) is 1.64. The van der Waals surface area contributed by atoms with E-state index in [1.807, 2.05) is 0 Å². The van der Waals surface area contributed by atoms with E-state index < -0.39 is 0 Å². The fourth-order valence-corrected chi connectivity index (χ4v) is 1.64. The molecule has 1 aromatic carbocycles. The first kappa shape index (κ1) is 10.3. The third-order valence-corrected chi connectivity index (χ3v) is 2.56. The SMILES string of the molecule is Oc1ccc(CNC2CCOC2)cc1O. The summed E-state index contributed by atoms with van der Waals surface area (Å²) in [6.07, 6.45) is 1.03. The summed E-state index contributed by atoms with van der Waals surface area (Å²) in [6, 6.07) is 5.26. The molecule has 0 amide bonds. The maximum atomic E-state index is 9.29. The van der Waals surface area contributed by atoms with E-state index in [1.54, 1.807) is 12.1 Å². The molecular formula is C11H15NO3. The number of ether oxygens (including phenoxy) is 1. The minimum absolute atomic E-state index is 0.0722.